The summed E-state index contributed by atoms with van der Waals surface area (Å²) in [6, 6.07) is 0. The summed E-state index contributed by atoms with van der Waals surface area (Å²) in [6.45, 7) is 8.15. The van der Waals surface area contributed by atoms with E-state index in [1.807, 2.05) is 13.8 Å². The molecule has 2 heterocycles. The molecule has 0 radical (unpaired) electrons. The van der Waals surface area contributed by atoms with Crippen LogP contribution < -0.4 is 0 Å². The van der Waals surface area contributed by atoms with Crippen LogP contribution in [0.3, 0.4) is 0 Å². The number of ketones is 1. The average Bonchev–Trinajstić information content (AvgIpc) is 3.26. The molecule has 6 rings (SSSR count). The lowest BCUT2D eigenvalue weighted by atomic mass is 9.42. The highest BCUT2D eigenvalue weighted by atomic mass is 16.6. The Kier molecular flexibility index (Phi) is 5.24. The van der Waals surface area contributed by atoms with Crippen molar-refractivity contribution in [3.8, 4) is 0 Å². The molecular formula is C28H40O7. The molecule has 0 aromatic carbocycles. The second-order valence-electron chi connectivity index (χ2n) is 13.0. The molecule has 0 amide bonds. The third-order valence-corrected chi connectivity index (χ3v) is 12.1. The number of ether oxygens (including phenoxy) is 2. The Hall–Kier alpha value is -1.28. The molecule has 0 spiro atoms. The lowest BCUT2D eigenvalue weighted by Crippen LogP contribution is -2.72. The summed E-state index contributed by atoms with van der Waals surface area (Å²) in [5.41, 5.74) is -1.08. The third kappa shape index (κ3) is 2.82. The third-order valence-electron chi connectivity index (χ3n) is 12.1. The first kappa shape index (κ1) is 24.1. The molecule has 2 bridgehead atoms. The maximum atomic E-state index is 13.4. The standard InChI is InChI=1S/C28H40O7/c1-13-9-20(35-25(32)16(13)12-29)14(2)17-5-6-18-15-10-23-28(33)24(31)21(34-23)11-22(30)27(28,4)19(15)7-8-26(17,18)3/h14-15,17-21,23-24,29,31,33H,5-12H2,1-4H3/t14-,15-,17+,18-,19-,20+,21+,23-,24-,26+,27-,28-/m0/s1. The van der Waals surface area contributed by atoms with Gasteiger partial charge in [0.25, 0.3) is 0 Å². The van der Waals surface area contributed by atoms with Crippen molar-refractivity contribution in [2.75, 3.05) is 6.61 Å². The molecule has 2 aliphatic heterocycles. The Balaban J connectivity index is 1.29. The molecule has 0 unspecified atom stereocenters. The van der Waals surface area contributed by atoms with Crippen molar-refractivity contribution in [2.24, 2.45) is 40.4 Å². The number of fused-ring (bicyclic) bond motifs is 5. The normalized spacial score (nSPS) is 53.8. The average molecular weight is 489 g/mol. The van der Waals surface area contributed by atoms with Gasteiger partial charge >= 0.3 is 5.97 Å². The predicted octanol–water partition coefficient (Wildman–Crippen LogP) is 2.55. The fourth-order valence-electron chi connectivity index (χ4n) is 10.1. The number of aliphatic hydroxyl groups excluding tert-OH is 2. The summed E-state index contributed by atoms with van der Waals surface area (Å²) in [5, 5.41) is 32.2. The topological polar surface area (TPSA) is 113 Å². The summed E-state index contributed by atoms with van der Waals surface area (Å²) >= 11 is 0. The van der Waals surface area contributed by atoms with Gasteiger partial charge in [-0.25, -0.2) is 4.79 Å². The predicted molar refractivity (Wildman–Crippen MR) is 126 cm³/mol. The summed E-state index contributed by atoms with van der Waals surface area (Å²) in [4.78, 5) is 25.9. The van der Waals surface area contributed by atoms with E-state index in [1.54, 1.807) is 0 Å². The first-order valence-corrected chi connectivity index (χ1v) is 13.6. The molecule has 12 atom stereocenters. The van der Waals surface area contributed by atoms with Gasteiger partial charge in [0.2, 0.25) is 0 Å². The summed E-state index contributed by atoms with van der Waals surface area (Å²) in [7, 11) is 0. The SMILES string of the molecule is CC1=C(CO)C(=O)O[C@@H]([C@@H](C)[C@H]2CC[C@H]3[C@@H]4C[C@@H]5O[C@@H]6CC(=O)[C@](C)([C@H]4CC[C@]23C)[C@@]5(O)[C@H]6O)C1. The van der Waals surface area contributed by atoms with E-state index in [0.717, 1.165) is 31.3 Å². The smallest absolute Gasteiger partial charge is 0.336 e. The molecule has 35 heavy (non-hydrogen) atoms. The van der Waals surface area contributed by atoms with Gasteiger partial charge in [-0.1, -0.05) is 19.4 Å². The van der Waals surface area contributed by atoms with Crippen molar-refractivity contribution in [3.63, 3.8) is 0 Å². The van der Waals surface area contributed by atoms with Gasteiger partial charge < -0.3 is 24.8 Å². The maximum Gasteiger partial charge on any atom is 0.336 e. The van der Waals surface area contributed by atoms with Crippen molar-refractivity contribution in [2.45, 2.75) is 103 Å². The number of aliphatic hydroxyl groups is 3. The Morgan fingerprint density at radius 1 is 1.11 bits per heavy atom. The van der Waals surface area contributed by atoms with E-state index < -0.39 is 29.3 Å². The van der Waals surface area contributed by atoms with E-state index in [0.29, 0.717) is 30.3 Å². The fourth-order valence-corrected chi connectivity index (χ4v) is 10.1. The van der Waals surface area contributed by atoms with Gasteiger partial charge in [-0.05, 0) is 81.0 Å². The molecule has 7 nitrogen and oxygen atoms in total. The fraction of sp³-hybridized carbons (Fsp3) is 0.857. The Bertz CT molecular complexity index is 990. The first-order chi connectivity index (χ1) is 16.5. The van der Waals surface area contributed by atoms with Crippen LogP contribution in [-0.2, 0) is 19.1 Å². The summed E-state index contributed by atoms with van der Waals surface area (Å²) in [5.74, 6) is 0.977. The number of Topliss-reactive ketones (excluding diaryl/α,β-unsaturated/α-hetero) is 1. The van der Waals surface area contributed by atoms with Gasteiger partial charge in [0.1, 0.15) is 23.6 Å². The lowest BCUT2D eigenvalue weighted by molar-refractivity contribution is -0.233. The number of esters is 1. The molecule has 194 valence electrons. The highest BCUT2D eigenvalue weighted by Gasteiger charge is 2.77. The zero-order valence-corrected chi connectivity index (χ0v) is 21.3. The van der Waals surface area contributed by atoms with Gasteiger partial charge in [-0.2, -0.15) is 0 Å². The minimum atomic E-state index is -1.49. The molecule has 3 N–H and O–H groups in total. The van der Waals surface area contributed by atoms with Gasteiger partial charge in [0.15, 0.2) is 0 Å². The zero-order valence-electron chi connectivity index (χ0n) is 21.3. The molecule has 0 aromatic rings. The summed E-state index contributed by atoms with van der Waals surface area (Å²) < 4.78 is 12.0. The Labute approximate surface area is 207 Å². The van der Waals surface area contributed by atoms with Crippen LogP contribution in [0.4, 0.5) is 0 Å². The van der Waals surface area contributed by atoms with E-state index >= 15 is 0 Å². The van der Waals surface area contributed by atoms with Crippen molar-refractivity contribution in [1.29, 1.82) is 0 Å². The number of hydrogen-bond acceptors (Lipinski definition) is 7. The van der Waals surface area contributed by atoms with Crippen molar-refractivity contribution >= 4 is 11.8 Å². The van der Waals surface area contributed by atoms with Crippen LogP contribution in [0.15, 0.2) is 11.1 Å². The maximum absolute atomic E-state index is 13.4. The van der Waals surface area contributed by atoms with Crippen LogP contribution in [0.5, 0.6) is 0 Å². The number of rotatable bonds is 3. The second-order valence-corrected chi connectivity index (χ2v) is 13.0. The zero-order chi connectivity index (χ0) is 25.1. The Morgan fingerprint density at radius 3 is 2.54 bits per heavy atom. The van der Waals surface area contributed by atoms with Gasteiger partial charge in [-0.15, -0.1) is 0 Å². The van der Waals surface area contributed by atoms with Crippen LogP contribution >= 0.6 is 0 Å². The van der Waals surface area contributed by atoms with Gasteiger partial charge in [0.05, 0.1) is 29.8 Å². The number of hydrogen-bond donors (Lipinski definition) is 3. The minimum Gasteiger partial charge on any atom is -0.458 e. The van der Waals surface area contributed by atoms with Crippen LogP contribution in [0.25, 0.3) is 0 Å². The van der Waals surface area contributed by atoms with Crippen LogP contribution in [0.2, 0.25) is 0 Å². The van der Waals surface area contributed by atoms with Gasteiger partial charge in [-0.3, -0.25) is 4.79 Å². The molecular weight excluding hydrogens is 448 g/mol. The molecule has 4 aliphatic carbocycles. The van der Waals surface area contributed by atoms with Crippen LogP contribution in [-0.4, -0.2) is 63.7 Å². The molecule has 4 saturated carbocycles. The quantitative estimate of drug-likeness (QED) is 0.523. The van der Waals surface area contributed by atoms with E-state index in [-0.39, 0.29) is 54.1 Å². The van der Waals surface area contributed by atoms with Crippen molar-refractivity contribution < 1.29 is 34.4 Å². The van der Waals surface area contributed by atoms with Crippen LogP contribution in [0, 0.1) is 40.4 Å². The molecule has 1 saturated heterocycles. The van der Waals surface area contributed by atoms with Crippen LogP contribution in [0.1, 0.15) is 72.6 Å². The molecule has 5 fully saturated rings. The van der Waals surface area contributed by atoms with E-state index in [1.165, 1.54) is 0 Å². The van der Waals surface area contributed by atoms with Crippen molar-refractivity contribution in [1.82, 2.24) is 0 Å². The highest BCUT2D eigenvalue weighted by Crippen LogP contribution is 2.70. The number of carbonyl (C=O) groups excluding carboxylic acids is 2. The Morgan fingerprint density at radius 2 is 1.86 bits per heavy atom. The molecule has 7 heteroatoms. The molecule has 0 aromatic heterocycles. The lowest BCUT2D eigenvalue weighted by Gasteiger charge is -2.62. The summed E-state index contributed by atoms with van der Waals surface area (Å²) in [6.07, 6.45) is 3.22. The van der Waals surface area contributed by atoms with E-state index in [2.05, 4.69) is 13.8 Å². The van der Waals surface area contributed by atoms with Gasteiger partial charge in [0, 0.05) is 12.8 Å². The van der Waals surface area contributed by atoms with E-state index in [4.69, 9.17) is 9.47 Å². The minimum absolute atomic E-state index is 0.0467. The van der Waals surface area contributed by atoms with E-state index in [9.17, 15) is 24.9 Å². The second kappa shape index (κ2) is 7.62. The van der Waals surface area contributed by atoms with Crippen molar-refractivity contribution in [3.05, 3.63) is 11.1 Å². The number of carbonyl (C=O) groups is 2. The first-order valence-electron chi connectivity index (χ1n) is 13.6. The highest BCUT2D eigenvalue weighted by molar-refractivity contribution is 5.90. The molecule has 6 aliphatic rings. The monoisotopic (exact) mass is 488 g/mol. The number of cyclic esters (lactones) is 1. The largest absolute Gasteiger partial charge is 0.458 e.